The molecule has 0 unspecified atom stereocenters. The first-order chi connectivity index (χ1) is 32.5. The van der Waals surface area contributed by atoms with Crippen LogP contribution in [0.25, 0.3) is 0 Å². The van der Waals surface area contributed by atoms with Crippen LogP contribution in [0.2, 0.25) is 0 Å². The van der Waals surface area contributed by atoms with E-state index in [1.165, 1.54) is 283 Å². The Hall–Kier alpha value is 0. The van der Waals surface area contributed by atoms with Gasteiger partial charge >= 0.3 is 0 Å². The molecule has 10 fully saturated rings. The van der Waals surface area contributed by atoms with Crippen molar-refractivity contribution in [2.24, 2.45) is 11.8 Å². The summed E-state index contributed by atoms with van der Waals surface area (Å²) >= 11 is 0. The van der Waals surface area contributed by atoms with Crippen LogP contribution < -0.4 is 0 Å². The Morgan fingerprint density at radius 3 is 0.227 bits per heavy atom. The van der Waals surface area contributed by atoms with Gasteiger partial charge < -0.3 is 0 Å². The highest BCUT2D eigenvalue weighted by molar-refractivity contribution is 4.54. The largest absolute Gasteiger partial charge is 0.0683 e. The summed E-state index contributed by atoms with van der Waals surface area (Å²) in [5, 5.41) is 0. The van der Waals surface area contributed by atoms with E-state index >= 15 is 0 Å². The molecule has 0 radical (unpaired) electrons. The molecule has 414 valence electrons. The normalized spacial score (nSPS) is 17.0. The van der Waals surface area contributed by atoms with Crippen LogP contribution in [0.15, 0.2) is 0 Å². The molecule has 66 heavy (non-hydrogen) atoms. The molecule has 0 saturated heterocycles. The summed E-state index contributed by atoms with van der Waals surface area (Å²) in [5.74, 6) is 1.80. The Labute approximate surface area is 431 Å². The Kier molecular flexibility index (Phi) is 138. The van der Waals surface area contributed by atoms with Gasteiger partial charge in [-0.2, -0.15) is 0 Å². The van der Waals surface area contributed by atoms with E-state index in [2.05, 4.69) is 41.5 Å². The minimum atomic E-state index is 0.898. The van der Waals surface area contributed by atoms with Crippen molar-refractivity contribution in [3.63, 3.8) is 0 Å². The number of rotatable bonds is 4. The van der Waals surface area contributed by atoms with Crippen molar-refractivity contribution < 1.29 is 0 Å². The van der Waals surface area contributed by atoms with Crippen LogP contribution in [0.4, 0.5) is 0 Å². The monoisotopic (exact) mass is 943 g/mol. The van der Waals surface area contributed by atoms with Crippen molar-refractivity contribution in [3.05, 3.63) is 0 Å². The summed E-state index contributed by atoms with van der Waals surface area (Å²) < 4.78 is 0. The zero-order chi connectivity index (χ0) is 52.3. The summed E-state index contributed by atoms with van der Waals surface area (Å²) in [6.07, 6.45) is 65.4. The lowest BCUT2D eigenvalue weighted by molar-refractivity contribution is 0.504. The van der Waals surface area contributed by atoms with Gasteiger partial charge in [-0.15, -0.1) is 0 Å². The molecule has 0 nitrogen and oxygen atoms in total. The fourth-order valence-electron chi connectivity index (χ4n) is 3.65. The van der Waals surface area contributed by atoms with Crippen LogP contribution in [0, 0.1) is 11.8 Å². The van der Waals surface area contributed by atoms with E-state index < -0.39 is 0 Å². The van der Waals surface area contributed by atoms with Crippen LogP contribution in [0.1, 0.15) is 421 Å². The van der Waals surface area contributed by atoms with E-state index in [1.807, 2.05) is 96.9 Å². The van der Waals surface area contributed by atoms with Crippen molar-refractivity contribution in [1.29, 1.82) is 0 Å². The fourth-order valence-corrected chi connectivity index (χ4v) is 3.65. The van der Waals surface area contributed by atoms with E-state index in [1.54, 1.807) is 0 Å². The summed E-state index contributed by atoms with van der Waals surface area (Å²) in [7, 11) is 0. The van der Waals surface area contributed by atoms with Crippen molar-refractivity contribution >= 4 is 0 Å². The third kappa shape index (κ3) is 120. The van der Waals surface area contributed by atoms with E-state index in [0.717, 1.165) is 11.8 Å². The van der Waals surface area contributed by atoms with Gasteiger partial charge in [-0.3, -0.25) is 0 Å². The van der Waals surface area contributed by atoms with Gasteiger partial charge in [-0.25, -0.2) is 0 Å². The predicted octanol–water partition coefficient (Wildman–Crippen LogP) is 27.7. The highest BCUT2D eigenvalue weighted by Gasteiger charge is 1.99. The van der Waals surface area contributed by atoms with Crippen molar-refractivity contribution in [2.45, 2.75) is 421 Å². The topological polar surface area (TPSA) is 0 Å². The molecule has 0 aromatic rings. The van der Waals surface area contributed by atoms with Crippen molar-refractivity contribution in [2.75, 3.05) is 0 Å². The molecular formula is C66H150. The second-order valence-corrected chi connectivity index (χ2v) is 18.5. The van der Waals surface area contributed by atoms with E-state index in [9.17, 15) is 0 Å². The molecule has 0 bridgehead atoms. The molecule has 10 aliphatic carbocycles. The van der Waals surface area contributed by atoms with E-state index in [0.29, 0.717) is 0 Å². The van der Waals surface area contributed by atoms with E-state index in [4.69, 9.17) is 0 Å². The molecule has 0 atom stereocenters. The van der Waals surface area contributed by atoms with Gasteiger partial charge in [-0.1, -0.05) is 421 Å². The molecule has 0 spiro atoms. The minimum absolute atomic E-state index is 0.898. The quantitative estimate of drug-likeness (QED) is 0.263. The van der Waals surface area contributed by atoms with Crippen LogP contribution in [0.3, 0.4) is 0 Å². The summed E-state index contributed by atoms with van der Waals surface area (Å²) in [6.45, 7) is 41.5. The Bertz CT molecular complexity index is 338. The van der Waals surface area contributed by atoms with Crippen molar-refractivity contribution in [3.8, 4) is 0 Å². The summed E-state index contributed by atoms with van der Waals surface area (Å²) in [5.41, 5.74) is 0. The lowest BCUT2D eigenvalue weighted by Crippen LogP contribution is -1.85. The lowest BCUT2D eigenvalue weighted by atomic mass is 10.0. The lowest BCUT2D eigenvalue weighted by Gasteiger charge is -2.05. The second-order valence-electron chi connectivity index (χ2n) is 18.5. The summed E-state index contributed by atoms with van der Waals surface area (Å²) in [6, 6.07) is 0. The van der Waals surface area contributed by atoms with Gasteiger partial charge in [-0.05, 0) is 11.8 Å². The Morgan fingerprint density at radius 1 is 0.167 bits per heavy atom. The second kappa shape index (κ2) is 106. The first-order valence-electron chi connectivity index (χ1n) is 32.5. The molecule has 0 N–H and O–H groups in total. The highest BCUT2D eigenvalue weighted by atomic mass is 14.1. The average molecular weight is 944 g/mol. The van der Waals surface area contributed by atoms with Crippen LogP contribution in [-0.4, -0.2) is 0 Å². The molecule has 10 aliphatic rings. The number of hydrogen-bond donors (Lipinski definition) is 0. The zero-order valence-corrected chi connectivity index (χ0v) is 52.3. The van der Waals surface area contributed by atoms with Gasteiger partial charge in [0, 0.05) is 0 Å². The van der Waals surface area contributed by atoms with Gasteiger partial charge in [0.1, 0.15) is 0 Å². The van der Waals surface area contributed by atoms with Crippen molar-refractivity contribution in [1.82, 2.24) is 0 Å². The standard InChI is InChI=1S/2C6H14.10C4H8.7C2H6/c2*1-4-5-6(2)3;10*1-2-4-3-1;7*1-2/h2*6H,4-5H2,1-3H3;10*1-4H2;7*1-2H3. The maximum Gasteiger partial charge on any atom is -0.0471 e. The van der Waals surface area contributed by atoms with Crippen LogP contribution in [0.5, 0.6) is 0 Å². The van der Waals surface area contributed by atoms with Gasteiger partial charge in [0.15, 0.2) is 0 Å². The first-order valence-corrected chi connectivity index (χ1v) is 32.5. The maximum absolute atomic E-state index is 2.25. The molecule has 10 saturated carbocycles. The molecule has 0 aliphatic heterocycles. The molecule has 0 heteroatoms. The highest BCUT2D eigenvalue weighted by Crippen LogP contribution is 2.18. The number of hydrogen-bond acceptors (Lipinski definition) is 0. The molecule has 0 heterocycles. The summed E-state index contributed by atoms with van der Waals surface area (Å²) in [4.78, 5) is 0. The van der Waals surface area contributed by atoms with E-state index in [-0.39, 0.29) is 0 Å². The van der Waals surface area contributed by atoms with Gasteiger partial charge in [0.25, 0.3) is 0 Å². The Morgan fingerprint density at radius 2 is 0.227 bits per heavy atom. The van der Waals surface area contributed by atoms with Gasteiger partial charge in [0.05, 0.1) is 0 Å². The Balaban J connectivity index is -0.0000000750. The molecular weight excluding hydrogens is 793 g/mol. The molecule has 0 amide bonds. The van der Waals surface area contributed by atoms with Gasteiger partial charge in [0.2, 0.25) is 0 Å². The van der Waals surface area contributed by atoms with Crippen LogP contribution >= 0.6 is 0 Å². The first kappa shape index (κ1) is 85.8. The smallest absolute Gasteiger partial charge is 0.0471 e. The third-order valence-corrected chi connectivity index (χ3v) is 11.7. The third-order valence-electron chi connectivity index (χ3n) is 11.7. The SMILES string of the molecule is C1CCC1.C1CCC1.C1CCC1.C1CCC1.C1CCC1.C1CCC1.C1CCC1.C1CCC1.C1CCC1.C1CCC1.CC.CC.CC.CC.CC.CC.CC.CCCC(C)C.CCCC(C)C. The average Bonchev–Trinajstić information content (AvgIpc) is 3.08. The molecule has 0 aromatic heterocycles. The molecule has 10 rings (SSSR count). The molecule has 0 aromatic carbocycles. The maximum atomic E-state index is 2.25. The van der Waals surface area contributed by atoms with Crippen LogP contribution in [-0.2, 0) is 0 Å². The fraction of sp³-hybridized carbons (Fsp3) is 1.00. The predicted molar refractivity (Wildman–Crippen MR) is 324 cm³/mol. The minimum Gasteiger partial charge on any atom is -0.0683 e. The zero-order valence-electron chi connectivity index (χ0n) is 52.3.